The van der Waals surface area contributed by atoms with E-state index in [2.05, 4.69) is 32.7 Å². The molecular formula is C18H23FN2O2S. The molecule has 1 aliphatic rings. The maximum atomic E-state index is 13.5. The molecular weight excluding hydrogens is 327 g/mol. The number of aromatic nitrogens is 1. The van der Waals surface area contributed by atoms with Crippen LogP contribution < -0.4 is 4.80 Å². The van der Waals surface area contributed by atoms with Crippen LogP contribution in [0.5, 0.6) is 0 Å². The van der Waals surface area contributed by atoms with Gasteiger partial charge in [-0.05, 0) is 29.0 Å². The van der Waals surface area contributed by atoms with Gasteiger partial charge in [-0.3, -0.25) is 4.79 Å². The van der Waals surface area contributed by atoms with Crippen molar-refractivity contribution in [2.45, 2.75) is 34.2 Å². The van der Waals surface area contributed by atoms with Crippen LogP contribution in [0.3, 0.4) is 0 Å². The number of fused-ring (bicyclic) bond motifs is 1. The third kappa shape index (κ3) is 2.62. The molecule has 0 bridgehead atoms. The number of nitrogens with zero attached hydrogens (tertiary/aromatic N) is 2. The molecule has 0 N–H and O–H groups in total. The normalized spacial score (nSPS) is 19.8. The fourth-order valence-electron chi connectivity index (χ4n) is 3.50. The molecule has 2 aromatic rings. The van der Waals surface area contributed by atoms with Crippen LogP contribution in [0.1, 0.15) is 27.7 Å². The van der Waals surface area contributed by atoms with Gasteiger partial charge in [-0.25, -0.2) is 4.39 Å². The van der Waals surface area contributed by atoms with E-state index in [1.165, 1.54) is 23.5 Å². The van der Waals surface area contributed by atoms with Gasteiger partial charge in [0.25, 0.3) is 5.91 Å². The first-order valence-electron chi connectivity index (χ1n) is 8.06. The third-order valence-electron chi connectivity index (χ3n) is 5.64. The van der Waals surface area contributed by atoms with Gasteiger partial charge in [0.15, 0.2) is 4.80 Å². The topological polar surface area (TPSA) is 43.6 Å². The third-order valence-corrected chi connectivity index (χ3v) is 6.68. The first-order valence-corrected chi connectivity index (χ1v) is 8.88. The van der Waals surface area contributed by atoms with Gasteiger partial charge in [-0.2, -0.15) is 4.99 Å². The molecule has 1 aromatic carbocycles. The highest BCUT2D eigenvalue weighted by molar-refractivity contribution is 7.16. The maximum absolute atomic E-state index is 13.5. The lowest BCUT2D eigenvalue weighted by atomic mass is 10.0. The lowest BCUT2D eigenvalue weighted by Crippen LogP contribution is -2.20. The summed E-state index contributed by atoms with van der Waals surface area (Å²) in [6, 6.07) is 4.64. The first-order chi connectivity index (χ1) is 11.2. The molecule has 1 saturated carbocycles. The zero-order valence-electron chi connectivity index (χ0n) is 14.7. The molecule has 0 atom stereocenters. The van der Waals surface area contributed by atoms with Crippen molar-refractivity contribution in [3.8, 4) is 0 Å². The number of hydrogen-bond donors (Lipinski definition) is 0. The van der Waals surface area contributed by atoms with Crippen LogP contribution in [0.25, 0.3) is 10.2 Å². The van der Waals surface area contributed by atoms with Crippen LogP contribution in [-0.2, 0) is 16.1 Å². The van der Waals surface area contributed by atoms with Crippen molar-refractivity contribution in [3.63, 3.8) is 0 Å². The molecule has 0 aliphatic heterocycles. The molecule has 24 heavy (non-hydrogen) atoms. The van der Waals surface area contributed by atoms with E-state index < -0.39 is 0 Å². The number of benzene rings is 1. The summed E-state index contributed by atoms with van der Waals surface area (Å²) < 4.78 is 21.4. The summed E-state index contributed by atoms with van der Waals surface area (Å²) in [5.41, 5.74) is 0.779. The smallest absolute Gasteiger partial charge is 0.252 e. The second-order valence-electron chi connectivity index (χ2n) is 7.47. The standard InChI is InChI=1S/C18H23FN2O2S/c1-17(2)14(18(17,3)4)15(22)20-16-21(8-9-23-5)12-7-6-11(19)10-13(12)24-16/h6-7,10,14H,8-9H2,1-5H3/b20-16+. The summed E-state index contributed by atoms with van der Waals surface area (Å²) in [7, 11) is 1.63. The zero-order valence-corrected chi connectivity index (χ0v) is 15.5. The van der Waals surface area contributed by atoms with Gasteiger partial charge >= 0.3 is 0 Å². The number of methoxy groups -OCH3 is 1. The van der Waals surface area contributed by atoms with E-state index in [9.17, 15) is 9.18 Å². The van der Waals surface area contributed by atoms with Gasteiger partial charge in [-0.15, -0.1) is 0 Å². The number of hydrogen-bond acceptors (Lipinski definition) is 3. The Morgan fingerprint density at radius 3 is 2.58 bits per heavy atom. The van der Waals surface area contributed by atoms with E-state index in [1.807, 2.05) is 4.57 Å². The van der Waals surface area contributed by atoms with E-state index in [-0.39, 0.29) is 28.5 Å². The lowest BCUT2D eigenvalue weighted by Gasteiger charge is -2.04. The first kappa shape index (κ1) is 17.3. The molecule has 0 radical (unpaired) electrons. The molecule has 1 aromatic heterocycles. The Hall–Kier alpha value is -1.53. The second-order valence-corrected chi connectivity index (χ2v) is 8.48. The minimum absolute atomic E-state index is 0.0479. The van der Waals surface area contributed by atoms with Gasteiger partial charge in [0.1, 0.15) is 5.82 Å². The highest BCUT2D eigenvalue weighted by Gasteiger charge is 2.68. The number of carbonyl (C=O) groups excluding carboxylic acids is 1. The Balaban J connectivity index is 2.06. The van der Waals surface area contributed by atoms with Gasteiger partial charge < -0.3 is 9.30 Å². The largest absolute Gasteiger partial charge is 0.383 e. The van der Waals surface area contributed by atoms with E-state index >= 15 is 0 Å². The summed E-state index contributed by atoms with van der Waals surface area (Å²) in [6.07, 6.45) is 0. The Labute approximate surface area is 145 Å². The van der Waals surface area contributed by atoms with Crippen LogP contribution in [0.2, 0.25) is 0 Å². The average molecular weight is 350 g/mol. The molecule has 0 saturated heterocycles. The van der Waals surface area contributed by atoms with Crippen molar-refractivity contribution in [3.05, 3.63) is 28.8 Å². The van der Waals surface area contributed by atoms with Gasteiger partial charge in [0, 0.05) is 13.7 Å². The van der Waals surface area contributed by atoms with Gasteiger partial charge in [-0.1, -0.05) is 39.0 Å². The van der Waals surface area contributed by atoms with Crippen molar-refractivity contribution < 1.29 is 13.9 Å². The molecule has 1 heterocycles. The number of amides is 1. The molecule has 1 aliphatic carbocycles. The van der Waals surface area contributed by atoms with Gasteiger partial charge in [0.2, 0.25) is 0 Å². The fourth-order valence-corrected chi connectivity index (χ4v) is 4.59. The summed E-state index contributed by atoms with van der Waals surface area (Å²) in [5.74, 6) is -0.462. The maximum Gasteiger partial charge on any atom is 0.252 e. The van der Waals surface area contributed by atoms with E-state index in [0.717, 1.165) is 10.2 Å². The van der Waals surface area contributed by atoms with E-state index in [4.69, 9.17) is 4.74 Å². The Morgan fingerprint density at radius 2 is 2.00 bits per heavy atom. The summed E-state index contributed by atoms with van der Waals surface area (Å²) >= 11 is 1.34. The van der Waals surface area contributed by atoms with Crippen molar-refractivity contribution in [2.75, 3.05) is 13.7 Å². The Morgan fingerprint density at radius 1 is 1.33 bits per heavy atom. The Kier molecular flexibility index (Phi) is 4.16. The molecule has 0 unspecified atom stereocenters. The van der Waals surface area contributed by atoms with Crippen LogP contribution in [0.15, 0.2) is 23.2 Å². The van der Waals surface area contributed by atoms with Gasteiger partial charge in [0.05, 0.1) is 22.7 Å². The molecule has 3 rings (SSSR count). The molecule has 4 nitrogen and oxygen atoms in total. The monoisotopic (exact) mass is 350 g/mol. The highest BCUT2D eigenvalue weighted by Crippen LogP contribution is 2.68. The number of rotatable bonds is 4. The minimum Gasteiger partial charge on any atom is -0.383 e. The Bertz CT molecular complexity index is 850. The van der Waals surface area contributed by atoms with Crippen molar-refractivity contribution in [1.82, 2.24) is 4.57 Å². The molecule has 1 fully saturated rings. The molecule has 6 heteroatoms. The number of halogens is 1. The summed E-state index contributed by atoms with van der Waals surface area (Å²) in [4.78, 5) is 17.7. The quantitative estimate of drug-likeness (QED) is 0.846. The van der Waals surface area contributed by atoms with E-state index in [0.29, 0.717) is 18.0 Å². The van der Waals surface area contributed by atoms with Crippen LogP contribution in [0.4, 0.5) is 4.39 Å². The zero-order chi connectivity index (χ0) is 17.7. The van der Waals surface area contributed by atoms with E-state index in [1.54, 1.807) is 13.2 Å². The number of carbonyl (C=O) groups is 1. The number of thiazole rings is 1. The average Bonchev–Trinajstić information content (AvgIpc) is 2.75. The van der Waals surface area contributed by atoms with Crippen LogP contribution in [-0.4, -0.2) is 24.2 Å². The molecule has 130 valence electrons. The van der Waals surface area contributed by atoms with Crippen molar-refractivity contribution in [2.24, 2.45) is 21.7 Å². The minimum atomic E-state index is -0.287. The van der Waals surface area contributed by atoms with Crippen LogP contribution >= 0.6 is 11.3 Å². The fraction of sp³-hybridized carbons (Fsp3) is 0.556. The predicted molar refractivity (Wildman–Crippen MR) is 93.3 cm³/mol. The number of ether oxygens (including phenoxy) is 1. The molecule has 0 spiro atoms. The summed E-state index contributed by atoms with van der Waals surface area (Å²) in [5, 5.41) is 0. The molecule has 1 amide bonds. The predicted octanol–water partition coefficient (Wildman–Crippen LogP) is 3.60. The summed E-state index contributed by atoms with van der Waals surface area (Å²) in [6.45, 7) is 9.49. The lowest BCUT2D eigenvalue weighted by molar-refractivity contribution is -0.120. The SMILES string of the molecule is COCCn1/c(=N\C(=O)C2C(C)(C)C2(C)C)sc2cc(F)ccc21. The highest BCUT2D eigenvalue weighted by atomic mass is 32.1. The van der Waals surface area contributed by atoms with Crippen molar-refractivity contribution in [1.29, 1.82) is 0 Å². The second kappa shape index (κ2) is 5.77. The van der Waals surface area contributed by atoms with Crippen molar-refractivity contribution >= 4 is 27.5 Å². The van der Waals surface area contributed by atoms with Crippen LogP contribution in [0, 0.1) is 22.6 Å².